The Morgan fingerprint density at radius 3 is 2.12 bits per heavy atom. The minimum Gasteiger partial charge on any atom is -0.480 e. The number of benzene rings is 2. The van der Waals surface area contributed by atoms with Crippen molar-refractivity contribution >= 4 is 11.7 Å². The number of carboxylic acids is 1. The SMILES string of the molecule is O=C(O)CNCC(O)CON=C1c2ccccc2-c2ccccc21. The first-order valence-corrected chi connectivity index (χ1v) is 7.66. The van der Waals surface area contributed by atoms with Crippen molar-refractivity contribution in [3.63, 3.8) is 0 Å². The molecule has 0 aromatic heterocycles. The van der Waals surface area contributed by atoms with E-state index in [4.69, 9.17) is 9.94 Å². The van der Waals surface area contributed by atoms with E-state index in [1.165, 1.54) is 0 Å². The van der Waals surface area contributed by atoms with Crippen LogP contribution < -0.4 is 5.32 Å². The summed E-state index contributed by atoms with van der Waals surface area (Å²) in [6.45, 7) is -0.0862. The number of hydrogen-bond donors (Lipinski definition) is 3. The van der Waals surface area contributed by atoms with Crippen molar-refractivity contribution in [2.75, 3.05) is 19.7 Å². The minimum absolute atomic E-state index is 0.0134. The second-order valence-corrected chi connectivity index (χ2v) is 5.51. The van der Waals surface area contributed by atoms with Gasteiger partial charge < -0.3 is 20.4 Å². The van der Waals surface area contributed by atoms with Crippen LogP contribution in [0, 0.1) is 0 Å². The van der Waals surface area contributed by atoms with E-state index in [1.54, 1.807) is 0 Å². The topological polar surface area (TPSA) is 91.2 Å². The molecule has 0 saturated heterocycles. The normalized spacial score (nSPS) is 13.1. The number of carbonyl (C=O) groups is 1. The molecule has 1 aliphatic carbocycles. The van der Waals surface area contributed by atoms with E-state index >= 15 is 0 Å². The smallest absolute Gasteiger partial charge is 0.317 e. The van der Waals surface area contributed by atoms with Crippen LogP contribution >= 0.6 is 0 Å². The van der Waals surface area contributed by atoms with Crippen LogP contribution in [0.15, 0.2) is 53.7 Å². The summed E-state index contributed by atoms with van der Waals surface area (Å²) in [7, 11) is 0. The fourth-order valence-electron chi connectivity index (χ4n) is 2.68. The number of aliphatic hydroxyl groups is 1. The van der Waals surface area contributed by atoms with Crippen molar-refractivity contribution in [2.45, 2.75) is 6.10 Å². The lowest BCUT2D eigenvalue weighted by Crippen LogP contribution is -2.33. The number of rotatable bonds is 7. The summed E-state index contributed by atoms with van der Waals surface area (Å²) in [6.07, 6.45) is -0.833. The van der Waals surface area contributed by atoms with E-state index in [9.17, 15) is 9.90 Å². The maximum absolute atomic E-state index is 10.4. The summed E-state index contributed by atoms with van der Waals surface area (Å²) in [6, 6.07) is 15.9. The lowest BCUT2D eigenvalue weighted by molar-refractivity contribution is -0.136. The highest BCUT2D eigenvalue weighted by Gasteiger charge is 2.24. The second kappa shape index (κ2) is 7.25. The molecule has 0 aliphatic heterocycles. The predicted molar refractivity (Wildman–Crippen MR) is 90.0 cm³/mol. The van der Waals surface area contributed by atoms with Crippen molar-refractivity contribution in [3.05, 3.63) is 59.7 Å². The van der Waals surface area contributed by atoms with Gasteiger partial charge >= 0.3 is 5.97 Å². The third-order valence-electron chi connectivity index (χ3n) is 3.73. The molecule has 0 spiro atoms. The third-order valence-corrected chi connectivity index (χ3v) is 3.73. The van der Waals surface area contributed by atoms with Gasteiger partial charge in [-0.3, -0.25) is 4.79 Å². The van der Waals surface area contributed by atoms with Gasteiger partial charge in [-0.25, -0.2) is 0 Å². The zero-order valence-electron chi connectivity index (χ0n) is 13.0. The molecular weight excluding hydrogens is 308 g/mol. The number of aliphatic hydroxyl groups excluding tert-OH is 1. The average molecular weight is 326 g/mol. The molecule has 2 aromatic carbocycles. The van der Waals surface area contributed by atoms with E-state index < -0.39 is 12.1 Å². The molecule has 6 nitrogen and oxygen atoms in total. The van der Waals surface area contributed by atoms with Crippen molar-refractivity contribution in [1.82, 2.24) is 5.32 Å². The summed E-state index contributed by atoms with van der Waals surface area (Å²) in [5.74, 6) is -0.970. The summed E-state index contributed by atoms with van der Waals surface area (Å²) in [4.78, 5) is 15.7. The van der Waals surface area contributed by atoms with Gasteiger partial charge in [-0.05, 0) is 11.1 Å². The van der Waals surface area contributed by atoms with Gasteiger partial charge in [-0.1, -0.05) is 53.7 Å². The molecule has 0 bridgehead atoms. The molecule has 2 aromatic rings. The molecule has 24 heavy (non-hydrogen) atoms. The van der Waals surface area contributed by atoms with Gasteiger partial charge in [0, 0.05) is 17.7 Å². The van der Waals surface area contributed by atoms with Gasteiger partial charge in [-0.2, -0.15) is 0 Å². The van der Waals surface area contributed by atoms with E-state index in [0.29, 0.717) is 0 Å². The molecule has 1 unspecified atom stereocenters. The van der Waals surface area contributed by atoms with Crippen LogP contribution in [-0.4, -0.2) is 47.7 Å². The molecule has 0 radical (unpaired) electrons. The fourth-order valence-corrected chi connectivity index (χ4v) is 2.68. The van der Waals surface area contributed by atoms with Crippen molar-refractivity contribution in [3.8, 4) is 11.1 Å². The number of oxime groups is 1. The highest BCUT2D eigenvalue weighted by Crippen LogP contribution is 2.36. The summed E-state index contributed by atoms with van der Waals surface area (Å²) < 4.78 is 0. The Kier molecular flexibility index (Phi) is 4.88. The second-order valence-electron chi connectivity index (χ2n) is 5.51. The minimum atomic E-state index is -0.970. The van der Waals surface area contributed by atoms with Crippen LogP contribution in [0.3, 0.4) is 0 Å². The van der Waals surface area contributed by atoms with Crippen molar-refractivity contribution in [2.24, 2.45) is 5.16 Å². The Labute approximate surface area is 139 Å². The van der Waals surface area contributed by atoms with Gasteiger partial charge in [0.25, 0.3) is 0 Å². The molecular formula is C18H18N2O4. The highest BCUT2D eigenvalue weighted by atomic mass is 16.6. The van der Waals surface area contributed by atoms with Crippen LogP contribution in [0.2, 0.25) is 0 Å². The lowest BCUT2D eigenvalue weighted by Gasteiger charge is -2.10. The number of nitrogens with one attached hydrogen (secondary N) is 1. The largest absolute Gasteiger partial charge is 0.480 e. The number of carboxylic acid groups (broad SMARTS) is 1. The number of fused-ring (bicyclic) bond motifs is 3. The Morgan fingerprint density at radius 1 is 1.04 bits per heavy atom. The summed E-state index contributed by atoms with van der Waals surface area (Å²) in [5.41, 5.74) is 4.96. The van der Waals surface area contributed by atoms with Crippen molar-refractivity contribution < 1.29 is 19.8 Å². The van der Waals surface area contributed by atoms with Crippen LogP contribution in [0.1, 0.15) is 11.1 Å². The fraction of sp³-hybridized carbons (Fsp3) is 0.222. The van der Waals surface area contributed by atoms with Gasteiger partial charge in [0.15, 0.2) is 0 Å². The van der Waals surface area contributed by atoms with Crippen LogP contribution in [0.25, 0.3) is 11.1 Å². The highest BCUT2D eigenvalue weighted by molar-refractivity contribution is 6.24. The summed E-state index contributed by atoms with van der Waals surface area (Å²) >= 11 is 0. The molecule has 0 saturated carbocycles. The Balaban J connectivity index is 1.68. The van der Waals surface area contributed by atoms with Crippen LogP contribution in [-0.2, 0) is 9.63 Å². The maximum Gasteiger partial charge on any atom is 0.317 e. The Hall–Kier alpha value is -2.70. The molecule has 0 heterocycles. The van der Waals surface area contributed by atoms with Gasteiger partial charge in [0.1, 0.15) is 18.4 Å². The maximum atomic E-state index is 10.4. The predicted octanol–water partition coefficient (Wildman–Crippen LogP) is 1.47. The van der Waals surface area contributed by atoms with E-state index in [-0.39, 0.29) is 19.7 Å². The number of hydrogen-bond acceptors (Lipinski definition) is 5. The van der Waals surface area contributed by atoms with Crippen LogP contribution in [0.5, 0.6) is 0 Å². The average Bonchev–Trinajstić information content (AvgIpc) is 2.89. The van der Waals surface area contributed by atoms with E-state index in [2.05, 4.69) is 10.5 Å². The first-order chi connectivity index (χ1) is 11.7. The van der Waals surface area contributed by atoms with Crippen molar-refractivity contribution in [1.29, 1.82) is 0 Å². The molecule has 1 atom stereocenters. The lowest BCUT2D eigenvalue weighted by atomic mass is 10.1. The zero-order valence-corrected chi connectivity index (χ0v) is 13.0. The third kappa shape index (κ3) is 3.45. The van der Waals surface area contributed by atoms with E-state index in [0.717, 1.165) is 28.0 Å². The zero-order chi connectivity index (χ0) is 16.9. The van der Waals surface area contributed by atoms with Crippen LogP contribution in [0.4, 0.5) is 0 Å². The monoisotopic (exact) mass is 326 g/mol. The molecule has 3 N–H and O–H groups in total. The summed E-state index contributed by atoms with van der Waals surface area (Å²) in [5, 5.41) is 25.1. The molecule has 0 amide bonds. The molecule has 3 rings (SSSR count). The molecule has 1 aliphatic rings. The Morgan fingerprint density at radius 2 is 1.58 bits per heavy atom. The van der Waals surface area contributed by atoms with Gasteiger partial charge in [0.05, 0.1) is 6.54 Å². The molecule has 6 heteroatoms. The van der Waals surface area contributed by atoms with Gasteiger partial charge in [0.2, 0.25) is 0 Å². The standard InChI is InChI=1S/C18H18N2O4/c21-12(9-19-10-17(22)23)11-24-20-18-15-7-3-1-5-13(15)14-6-2-4-8-16(14)18/h1-8,12,19,21H,9-11H2,(H,22,23). The first-order valence-electron chi connectivity index (χ1n) is 7.66. The Bertz CT molecular complexity index is 726. The van der Waals surface area contributed by atoms with Gasteiger partial charge in [-0.15, -0.1) is 0 Å². The van der Waals surface area contributed by atoms with E-state index in [1.807, 2.05) is 48.5 Å². The quantitative estimate of drug-likeness (QED) is 0.572. The first kappa shape index (κ1) is 16.2. The molecule has 0 fully saturated rings. The number of nitrogens with zero attached hydrogens (tertiary/aromatic N) is 1. The molecule has 124 valence electrons. The number of aliphatic carboxylic acids is 1.